The molecule has 1 aromatic heterocycles. The molecule has 13 heteroatoms. The van der Waals surface area contributed by atoms with E-state index in [1.54, 1.807) is 27.3 Å². The van der Waals surface area contributed by atoms with E-state index in [1.807, 2.05) is 78.9 Å². The van der Waals surface area contributed by atoms with E-state index in [4.69, 9.17) is 28.0 Å². The number of nitrogens with one attached hydrogen (secondary N) is 1. The lowest BCUT2D eigenvalue weighted by molar-refractivity contribution is -0.167. The van der Waals surface area contributed by atoms with E-state index in [9.17, 15) is 14.9 Å². The van der Waals surface area contributed by atoms with E-state index in [2.05, 4.69) is 43.4 Å². The Morgan fingerprint density at radius 1 is 0.945 bits per heavy atom. The molecule has 292 valence electrons. The minimum atomic E-state index is -1.69. The summed E-state index contributed by atoms with van der Waals surface area (Å²) in [4.78, 5) is 28.3. The Morgan fingerprint density at radius 2 is 1.53 bits per heavy atom. The lowest BCUT2D eigenvalue weighted by Gasteiger charge is -2.42. The quantitative estimate of drug-likeness (QED) is 0.0667. The smallest absolute Gasteiger partial charge is 0.330 e. The van der Waals surface area contributed by atoms with Gasteiger partial charge in [-0.25, -0.2) is 9.46 Å². The molecule has 1 aliphatic heterocycles. The summed E-state index contributed by atoms with van der Waals surface area (Å²) in [5.41, 5.74) is -0.174. The van der Waals surface area contributed by atoms with Crippen LogP contribution in [0.15, 0.2) is 94.6 Å². The van der Waals surface area contributed by atoms with Crippen LogP contribution in [0.25, 0.3) is 0 Å². The number of aromatic nitrogens is 2. The Balaban J connectivity index is 1.49. The first-order valence-corrected chi connectivity index (χ1v) is 19.8. The summed E-state index contributed by atoms with van der Waals surface area (Å²) in [5, 5.41) is 9.39. The molecule has 1 saturated carbocycles. The van der Waals surface area contributed by atoms with Gasteiger partial charge in [0, 0.05) is 29.8 Å². The van der Waals surface area contributed by atoms with Crippen LogP contribution in [0.3, 0.4) is 0 Å². The molecule has 0 radical (unpaired) electrons. The van der Waals surface area contributed by atoms with Crippen LogP contribution in [0, 0.1) is 24.2 Å². The van der Waals surface area contributed by atoms with Crippen molar-refractivity contribution in [1.29, 1.82) is 5.26 Å². The van der Waals surface area contributed by atoms with Crippen LogP contribution >= 0.6 is 8.53 Å². The van der Waals surface area contributed by atoms with Gasteiger partial charge in [0.1, 0.15) is 35.0 Å². The van der Waals surface area contributed by atoms with Gasteiger partial charge in [-0.1, -0.05) is 54.6 Å². The van der Waals surface area contributed by atoms with Crippen molar-refractivity contribution in [2.24, 2.45) is 5.92 Å². The van der Waals surface area contributed by atoms with Gasteiger partial charge in [0.25, 0.3) is 14.1 Å². The Bertz CT molecular complexity index is 1990. The molecule has 2 unspecified atom stereocenters. The molecule has 2 fully saturated rings. The average Bonchev–Trinajstić information content (AvgIpc) is 3.68. The van der Waals surface area contributed by atoms with Crippen LogP contribution in [0.4, 0.5) is 0 Å². The molecular weight excluding hydrogens is 719 g/mol. The number of ether oxygens (including phenoxy) is 4. The van der Waals surface area contributed by atoms with E-state index >= 15 is 0 Å². The molecule has 2 bridgehead atoms. The monoisotopic (exact) mass is 770 g/mol. The molecule has 1 aliphatic carbocycles. The van der Waals surface area contributed by atoms with E-state index in [1.165, 1.54) is 4.57 Å². The van der Waals surface area contributed by atoms with E-state index < -0.39 is 43.3 Å². The van der Waals surface area contributed by atoms with Crippen molar-refractivity contribution in [2.75, 3.05) is 27.4 Å². The second-order valence-electron chi connectivity index (χ2n) is 14.6. The van der Waals surface area contributed by atoms with Crippen molar-refractivity contribution in [3.63, 3.8) is 0 Å². The van der Waals surface area contributed by atoms with Crippen LogP contribution < -0.4 is 20.7 Å². The first kappa shape index (κ1) is 40.3. The standard InChI is InChI=1S/C42H51N4O8P/c1-28(2)46(29(3)4)55(52-25-11-24-43)54-37-36-22-23-41(37,53-39(36)45-26-30(5)38(47)44-40(45)48)27-51-42(31-12-9-8-10-13-31,32-14-18-34(49-6)19-15-32)33-16-20-35(50-7)21-17-33/h8-10,12-21,26,28-29,36-37,39H,11,22-23,25,27H2,1-7H3,(H,44,47,48)/t36?,37-,39+,41+,55?/m0/s1. The topological polar surface area (TPSA) is 137 Å². The van der Waals surface area contributed by atoms with E-state index in [0.717, 1.165) is 16.7 Å². The zero-order chi connectivity index (χ0) is 39.3. The highest BCUT2D eigenvalue weighted by atomic mass is 31.2. The third-order valence-electron chi connectivity index (χ3n) is 10.5. The SMILES string of the molecule is COc1ccc(C(OC[C@@]23CCC([C@H](n4cc(C)c(=O)[nH]c4=O)O2)[C@@H]3OP(OCCC#N)N(C(C)C)C(C)C)(c2ccccc2)c2ccc(OC)cc2)cc1. The van der Waals surface area contributed by atoms with Crippen LogP contribution in [0.1, 0.15) is 75.4 Å². The van der Waals surface area contributed by atoms with Crippen molar-refractivity contribution in [2.45, 2.75) is 89.5 Å². The molecule has 1 saturated heterocycles. The molecule has 0 spiro atoms. The van der Waals surface area contributed by atoms with Crippen LogP contribution in [0.2, 0.25) is 0 Å². The number of hydrogen-bond acceptors (Lipinski definition) is 10. The highest BCUT2D eigenvalue weighted by molar-refractivity contribution is 7.44. The minimum Gasteiger partial charge on any atom is -0.497 e. The van der Waals surface area contributed by atoms with E-state index in [0.29, 0.717) is 29.9 Å². The molecule has 5 atom stereocenters. The summed E-state index contributed by atoms with van der Waals surface area (Å²) >= 11 is 0. The summed E-state index contributed by atoms with van der Waals surface area (Å²) in [7, 11) is 1.59. The fourth-order valence-electron chi connectivity index (χ4n) is 7.94. The number of nitrogens with zero attached hydrogens (tertiary/aromatic N) is 3. The van der Waals surface area contributed by atoms with Gasteiger partial charge in [-0.15, -0.1) is 0 Å². The van der Waals surface area contributed by atoms with Gasteiger partial charge in [0.05, 0.1) is 39.9 Å². The molecule has 3 aromatic carbocycles. The number of nitriles is 1. The predicted molar refractivity (Wildman–Crippen MR) is 210 cm³/mol. The number of fused-ring (bicyclic) bond motifs is 2. The highest BCUT2D eigenvalue weighted by Gasteiger charge is 2.63. The lowest BCUT2D eigenvalue weighted by atomic mass is 9.79. The maximum Gasteiger partial charge on any atom is 0.330 e. The summed E-state index contributed by atoms with van der Waals surface area (Å²) in [5.74, 6) is 1.13. The molecule has 4 aromatic rings. The first-order valence-electron chi connectivity index (χ1n) is 18.7. The zero-order valence-corrected chi connectivity index (χ0v) is 33.5. The molecule has 0 amide bonds. The summed E-state index contributed by atoms with van der Waals surface area (Å²) in [6.45, 7) is 10.3. The number of benzene rings is 3. The third-order valence-corrected chi connectivity index (χ3v) is 12.6. The molecule has 55 heavy (non-hydrogen) atoms. The van der Waals surface area contributed by atoms with Gasteiger partial charge in [0.2, 0.25) is 0 Å². The largest absolute Gasteiger partial charge is 0.497 e. The van der Waals surface area contributed by atoms with Gasteiger partial charge in [0.15, 0.2) is 0 Å². The molecular formula is C42H51N4O8P. The van der Waals surface area contributed by atoms with E-state index in [-0.39, 0.29) is 37.6 Å². The first-order chi connectivity index (χ1) is 26.5. The highest BCUT2D eigenvalue weighted by Crippen LogP contribution is 2.60. The Labute approximate surface area is 323 Å². The second-order valence-corrected chi connectivity index (χ2v) is 16.0. The molecule has 2 heterocycles. The maximum absolute atomic E-state index is 13.4. The van der Waals surface area contributed by atoms with Gasteiger partial charge in [-0.3, -0.25) is 14.3 Å². The zero-order valence-electron chi connectivity index (χ0n) is 32.6. The third kappa shape index (κ3) is 8.01. The van der Waals surface area contributed by atoms with Crippen molar-refractivity contribution < 1.29 is 28.0 Å². The number of methoxy groups -OCH3 is 2. The average molecular weight is 771 g/mol. The van der Waals surface area contributed by atoms with Crippen molar-refractivity contribution >= 4 is 8.53 Å². The number of aromatic amines is 1. The summed E-state index contributed by atoms with van der Waals surface area (Å²) in [6, 6.07) is 28.0. The summed E-state index contributed by atoms with van der Waals surface area (Å²) in [6.07, 6.45) is 1.69. The number of aryl methyl sites for hydroxylation is 1. The van der Waals surface area contributed by atoms with Crippen LogP contribution in [-0.2, 0) is 24.1 Å². The second kappa shape index (κ2) is 17.2. The fraction of sp³-hybridized carbons (Fsp3) is 0.452. The molecule has 6 rings (SSSR count). The Kier molecular flexibility index (Phi) is 12.6. The minimum absolute atomic E-state index is 0.0662. The molecule has 1 N–H and O–H groups in total. The fourth-order valence-corrected chi connectivity index (χ4v) is 9.79. The summed E-state index contributed by atoms with van der Waals surface area (Å²) < 4.78 is 42.8. The predicted octanol–water partition coefficient (Wildman–Crippen LogP) is 7.21. The van der Waals surface area contributed by atoms with Gasteiger partial charge in [-0.2, -0.15) is 5.26 Å². The van der Waals surface area contributed by atoms with Crippen LogP contribution in [0.5, 0.6) is 11.5 Å². The number of hydrogen-bond donors (Lipinski definition) is 1. The van der Waals surface area contributed by atoms with Crippen molar-refractivity contribution in [1.82, 2.24) is 14.2 Å². The Morgan fingerprint density at radius 3 is 2.07 bits per heavy atom. The Hall–Kier alpha value is -4.34. The lowest BCUT2D eigenvalue weighted by Crippen LogP contribution is -2.47. The number of H-pyrrole nitrogens is 1. The molecule has 2 aliphatic rings. The van der Waals surface area contributed by atoms with Gasteiger partial charge in [-0.05, 0) is 88.4 Å². The normalized spacial score (nSPS) is 21.3. The van der Waals surface area contributed by atoms with Crippen molar-refractivity contribution in [3.05, 3.63) is 128 Å². The van der Waals surface area contributed by atoms with Crippen molar-refractivity contribution in [3.8, 4) is 17.6 Å². The number of rotatable bonds is 17. The van der Waals surface area contributed by atoms with Crippen LogP contribution in [-0.4, -0.2) is 65.4 Å². The van der Waals surface area contributed by atoms with Gasteiger partial charge < -0.3 is 28.0 Å². The maximum atomic E-state index is 13.4. The van der Waals surface area contributed by atoms with Gasteiger partial charge >= 0.3 is 5.69 Å². The molecule has 12 nitrogen and oxygen atoms in total.